The van der Waals surface area contributed by atoms with Gasteiger partial charge in [-0.15, -0.1) is 0 Å². The Kier molecular flexibility index (Phi) is 10.5. The number of aliphatic carboxylic acids is 1. The molecular weight excluding hydrogens is 208 g/mol. The Hall–Kier alpha value is -1.58. The van der Waals surface area contributed by atoms with Crippen molar-refractivity contribution in [2.24, 2.45) is 0 Å². The van der Waals surface area contributed by atoms with Gasteiger partial charge in [0.2, 0.25) is 0 Å². The molecule has 0 rings (SSSR count). The molecule has 0 aromatic heterocycles. The van der Waals surface area contributed by atoms with Crippen LogP contribution in [0.15, 0.2) is 24.3 Å². The highest BCUT2D eigenvalue weighted by molar-refractivity contribution is 5.86. The number of ether oxygens (including phenoxy) is 1. The number of unbranched alkanes of at least 4 members (excludes halogenated alkanes) is 1. The lowest BCUT2D eigenvalue weighted by atomic mass is 10.3. The maximum absolute atomic E-state index is 10.7. The van der Waals surface area contributed by atoms with E-state index < -0.39 is 5.97 Å². The van der Waals surface area contributed by atoms with Crippen LogP contribution in [0.3, 0.4) is 0 Å². The molecule has 0 unspecified atom stereocenters. The van der Waals surface area contributed by atoms with Gasteiger partial charge in [0.1, 0.15) is 0 Å². The minimum absolute atomic E-state index is 0.176. The van der Waals surface area contributed by atoms with Gasteiger partial charge < -0.3 is 9.84 Å². The first-order valence-corrected chi connectivity index (χ1v) is 5.04. The van der Waals surface area contributed by atoms with E-state index in [1.54, 1.807) is 6.92 Å². The number of carbonyl (C=O) groups excluding carboxylic acids is 1. The highest BCUT2D eigenvalue weighted by Gasteiger charge is 2.00. The van der Waals surface area contributed by atoms with Crippen molar-refractivity contribution >= 4 is 11.9 Å². The van der Waals surface area contributed by atoms with Crippen LogP contribution in [-0.4, -0.2) is 23.7 Å². The molecule has 0 bridgehead atoms. The van der Waals surface area contributed by atoms with Crippen molar-refractivity contribution in [3.05, 3.63) is 24.3 Å². The molecule has 16 heavy (non-hydrogen) atoms. The molecule has 0 saturated heterocycles. The molecule has 0 radical (unpaired) electrons. The predicted octanol–water partition coefficient (Wildman–Crippen LogP) is 2.55. The van der Waals surface area contributed by atoms with Crippen LogP contribution >= 0.6 is 0 Å². The maximum atomic E-state index is 10.7. The summed E-state index contributed by atoms with van der Waals surface area (Å²) < 4.78 is 4.81. The van der Waals surface area contributed by atoms with Gasteiger partial charge in [-0.1, -0.05) is 26.5 Å². The van der Waals surface area contributed by atoms with Gasteiger partial charge in [-0.2, -0.15) is 0 Å². The maximum Gasteiger partial charge on any atom is 0.333 e. The summed E-state index contributed by atoms with van der Waals surface area (Å²) in [5, 5.41) is 7.89. The highest BCUT2D eigenvalue weighted by atomic mass is 16.5. The predicted molar refractivity (Wildman–Crippen MR) is 63.1 cm³/mol. The average Bonchev–Trinajstić information content (AvgIpc) is 2.18. The third-order valence-corrected chi connectivity index (χ3v) is 1.44. The van der Waals surface area contributed by atoms with Crippen LogP contribution < -0.4 is 0 Å². The van der Waals surface area contributed by atoms with Gasteiger partial charge in [-0.25, -0.2) is 9.59 Å². The molecule has 1 N–H and O–H groups in total. The van der Waals surface area contributed by atoms with Gasteiger partial charge in [-0.05, 0) is 20.3 Å². The molecule has 0 aliphatic carbocycles. The molecule has 0 saturated carbocycles. The van der Waals surface area contributed by atoms with Crippen molar-refractivity contribution in [3.63, 3.8) is 0 Å². The summed E-state index contributed by atoms with van der Waals surface area (Å²) in [6.07, 6.45) is 1.97. The minimum Gasteiger partial charge on any atom is -0.478 e. The van der Waals surface area contributed by atoms with Crippen LogP contribution in [0.2, 0.25) is 0 Å². The van der Waals surface area contributed by atoms with Crippen molar-refractivity contribution in [3.8, 4) is 0 Å². The Morgan fingerprint density at radius 3 is 1.88 bits per heavy atom. The van der Waals surface area contributed by atoms with E-state index in [2.05, 4.69) is 20.1 Å². The van der Waals surface area contributed by atoms with Crippen LogP contribution in [0.25, 0.3) is 0 Å². The standard InChI is InChI=1S/C8H14O2.C4H6O2/c1-4-5-6-10-8(9)7(2)3;1-3(2)4(5)6/h2,4-6H2,1,3H3;1H2,2H3,(H,5,6). The molecule has 4 nitrogen and oxygen atoms in total. The molecule has 0 aliphatic rings. The summed E-state index contributed by atoms with van der Waals surface area (Å²) in [5.41, 5.74) is 0.645. The van der Waals surface area contributed by atoms with Gasteiger partial charge in [0, 0.05) is 11.1 Å². The van der Waals surface area contributed by atoms with E-state index in [-0.39, 0.29) is 11.5 Å². The normalized spacial score (nSPS) is 8.44. The average molecular weight is 228 g/mol. The van der Waals surface area contributed by atoms with Crippen LogP contribution in [-0.2, 0) is 14.3 Å². The molecular formula is C12H20O4. The fraction of sp³-hybridized carbons (Fsp3) is 0.500. The van der Waals surface area contributed by atoms with E-state index in [4.69, 9.17) is 9.84 Å². The third kappa shape index (κ3) is 12.4. The lowest BCUT2D eigenvalue weighted by Gasteiger charge is -2.01. The highest BCUT2D eigenvalue weighted by Crippen LogP contribution is 1.94. The molecule has 0 fully saturated rings. The summed E-state index contributed by atoms with van der Waals surface area (Å²) >= 11 is 0. The first kappa shape index (κ1) is 16.8. The zero-order chi connectivity index (χ0) is 13.1. The Bertz CT molecular complexity index is 254. The van der Waals surface area contributed by atoms with Gasteiger partial charge in [0.15, 0.2) is 0 Å². The van der Waals surface area contributed by atoms with E-state index in [9.17, 15) is 9.59 Å². The molecule has 4 heteroatoms. The van der Waals surface area contributed by atoms with Crippen molar-refractivity contribution in [2.45, 2.75) is 33.6 Å². The molecule has 0 heterocycles. The summed E-state index contributed by atoms with van der Waals surface area (Å²) in [6.45, 7) is 12.3. The lowest BCUT2D eigenvalue weighted by Crippen LogP contribution is -2.05. The van der Waals surface area contributed by atoms with Crippen LogP contribution in [0.4, 0.5) is 0 Å². The largest absolute Gasteiger partial charge is 0.478 e. The van der Waals surface area contributed by atoms with Crippen molar-refractivity contribution in [1.29, 1.82) is 0 Å². The quantitative estimate of drug-likeness (QED) is 0.446. The zero-order valence-corrected chi connectivity index (χ0v) is 10.2. The smallest absolute Gasteiger partial charge is 0.333 e. The number of hydrogen-bond donors (Lipinski definition) is 1. The number of esters is 1. The Morgan fingerprint density at radius 2 is 1.62 bits per heavy atom. The van der Waals surface area contributed by atoms with Crippen molar-refractivity contribution in [1.82, 2.24) is 0 Å². The van der Waals surface area contributed by atoms with Crippen LogP contribution in [0, 0.1) is 0 Å². The van der Waals surface area contributed by atoms with Crippen molar-refractivity contribution in [2.75, 3.05) is 6.61 Å². The number of hydrogen-bond acceptors (Lipinski definition) is 3. The SMILES string of the molecule is C=C(C)C(=O)O.C=C(C)C(=O)OCCCC. The van der Waals surface area contributed by atoms with Gasteiger partial charge in [0.05, 0.1) is 6.61 Å². The monoisotopic (exact) mass is 228 g/mol. The number of carboxylic acids is 1. The Morgan fingerprint density at radius 1 is 1.19 bits per heavy atom. The fourth-order valence-electron chi connectivity index (χ4n) is 0.432. The Labute approximate surface area is 96.6 Å². The minimum atomic E-state index is -0.935. The third-order valence-electron chi connectivity index (χ3n) is 1.44. The molecule has 0 atom stereocenters. The number of carboxylic acid groups (broad SMARTS) is 1. The zero-order valence-electron chi connectivity index (χ0n) is 10.2. The molecule has 92 valence electrons. The lowest BCUT2D eigenvalue weighted by molar-refractivity contribution is -0.139. The van der Waals surface area contributed by atoms with E-state index in [1.807, 2.05) is 0 Å². The molecule has 0 aromatic rings. The number of carbonyl (C=O) groups is 2. The summed E-state index contributed by atoms with van der Waals surface area (Å²) in [4.78, 5) is 20.3. The first-order valence-electron chi connectivity index (χ1n) is 5.04. The van der Waals surface area contributed by atoms with E-state index in [0.717, 1.165) is 12.8 Å². The number of rotatable bonds is 5. The van der Waals surface area contributed by atoms with E-state index in [1.165, 1.54) is 6.92 Å². The van der Waals surface area contributed by atoms with Crippen LogP contribution in [0.5, 0.6) is 0 Å². The van der Waals surface area contributed by atoms with E-state index in [0.29, 0.717) is 12.2 Å². The second kappa shape index (κ2) is 9.96. The van der Waals surface area contributed by atoms with Crippen molar-refractivity contribution < 1.29 is 19.4 Å². The summed E-state index contributed by atoms with van der Waals surface area (Å²) in [7, 11) is 0. The van der Waals surface area contributed by atoms with Gasteiger partial charge >= 0.3 is 11.9 Å². The van der Waals surface area contributed by atoms with Gasteiger partial charge in [0.25, 0.3) is 0 Å². The second-order valence-corrected chi connectivity index (χ2v) is 3.36. The topological polar surface area (TPSA) is 63.6 Å². The summed E-state index contributed by atoms with van der Waals surface area (Å²) in [5.74, 6) is -1.22. The fourth-order valence-corrected chi connectivity index (χ4v) is 0.432. The molecule has 0 amide bonds. The summed E-state index contributed by atoms with van der Waals surface area (Å²) in [6, 6.07) is 0. The van der Waals surface area contributed by atoms with Crippen LogP contribution in [0.1, 0.15) is 33.6 Å². The molecule has 0 spiro atoms. The molecule has 0 aromatic carbocycles. The first-order chi connectivity index (χ1) is 7.32. The molecule has 0 aliphatic heterocycles. The van der Waals surface area contributed by atoms with Gasteiger partial charge in [-0.3, -0.25) is 0 Å². The van der Waals surface area contributed by atoms with E-state index >= 15 is 0 Å². The second-order valence-electron chi connectivity index (χ2n) is 3.36. The Balaban J connectivity index is 0.